The first kappa shape index (κ1) is 13.1. The Labute approximate surface area is 122 Å². The van der Waals surface area contributed by atoms with Gasteiger partial charge in [0.05, 0.1) is 0 Å². The summed E-state index contributed by atoms with van der Waals surface area (Å²) in [7, 11) is 0. The molecule has 1 amide bonds. The summed E-state index contributed by atoms with van der Waals surface area (Å²) < 4.78 is 0. The maximum Gasteiger partial charge on any atom is 0.221 e. The Kier molecular flexibility index (Phi) is 3.29. The summed E-state index contributed by atoms with van der Waals surface area (Å²) >= 11 is 0. The molecule has 0 spiro atoms. The molecule has 3 heteroatoms. The molecule has 0 radical (unpaired) electrons. The first-order valence-electron chi connectivity index (χ1n) is 8.71. The molecule has 5 fully saturated rings. The van der Waals surface area contributed by atoms with Gasteiger partial charge in [-0.15, -0.1) is 0 Å². The lowest BCUT2D eigenvalue weighted by Crippen LogP contribution is -2.51. The van der Waals surface area contributed by atoms with E-state index in [1.165, 1.54) is 51.4 Å². The third-order valence-electron chi connectivity index (χ3n) is 6.42. The van der Waals surface area contributed by atoms with Crippen molar-refractivity contribution in [2.45, 2.75) is 63.8 Å². The second-order valence-corrected chi connectivity index (χ2v) is 8.19. The third-order valence-corrected chi connectivity index (χ3v) is 6.42. The highest BCUT2D eigenvalue weighted by Gasteiger charge is 2.50. The van der Waals surface area contributed by atoms with Crippen LogP contribution in [0.25, 0.3) is 0 Å². The predicted octanol–water partition coefficient (Wildman–Crippen LogP) is 2.46. The lowest BCUT2D eigenvalue weighted by Gasteiger charge is -2.56. The maximum absolute atomic E-state index is 12.1. The molecule has 0 aromatic heterocycles. The third kappa shape index (κ3) is 2.49. The average molecular weight is 276 g/mol. The van der Waals surface area contributed by atoms with Crippen LogP contribution in [0, 0.1) is 23.2 Å². The van der Waals surface area contributed by atoms with E-state index in [0.29, 0.717) is 17.9 Å². The standard InChI is InChI=1S/C17H28N2O/c20-16(7-15-2-1-3-18-15)19-11-17-8-12-4-13(9-17)6-14(5-12)10-17/h12-15,18H,1-11H2,(H,19,20). The molecule has 0 aromatic carbocycles. The molecule has 4 aliphatic carbocycles. The van der Waals surface area contributed by atoms with E-state index in [2.05, 4.69) is 10.6 Å². The Balaban J connectivity index is 1.31. The molecule has 3 nitrogen and oxygen atoms in total. The number of amides is 1. The molecule has 1 atom stereocenters. The van der Waals surface area contributed by atoms with Gasteiger partial charge >= 0.3 is 0 Å². The maximum atomic E-state index is 12.1. The predicted molar refractivity (Wildman–Crippen MR) is 79.3 cm³/mol. The van der Waals surface area contributed by atoms with Gasteiger partial charge in [-0.05, 0) is 81.1 Å². The van der Waals surface area contributed by atoms with Crippen LogP contribution in [0.2, 0.25) is 0 Å². The van der Waals surface area contributed by atoms with Gasteiger partial charge in [-0.2, -0.15) is 0 Å². The number of rotatable bonds is 4. The van der Waals surface area contributed by atoms with Gasteiger partial charge in [-0.25, -0.2) is 0 Å². The van der Waals surface area contributed by atoms with E-state index in [1.54, 1.807) is 0 Å². The van der Waals surface area contributed by atoms with Gasteiger partial charge in [0, 0.05) is 19.0 Å². The van der Waals surface area contributed by atoms with Gasteiger partial charge < -0.3 is 10.6 Å². The Morgan fingerprint density at radius 1 is 1.10 bits per heavy atom. The largest absolute Gasteiger partial charge is 0.355 e. The Bertz CT molecular complexity index is 351. The van der Waals surface area contributed by atoms with Gasteiger partial charge in [0.2, 0.25) is 5.91 Å². The minimum absolute atomic E-state index is 0.278. The number of carbonyl (C=O) groups is 1. The number of carbonyl (C=O) groups excluding carboxylic acids is 1. The van der Waals surface area contributed by atoms with Crippen molar-refractivity contribution >= 4 is 5.91 Å². The van der Waals surface area contributed by atoms with Crippen molar-refractivity contribution in [2.75, 3.05) is 13.1 Å². The fourth-order valence-electron chi connectivity index (χ4n) is 6.02. The minimum Gasteiger partial charge on any atom is -0.355 e. The van der Waals surface area contributed by atoms with E-state index in [-0.39, 0.29) is 5.91 Å². The van der Waals surface area contributed by atoms with Crippen molar-refractivity contribution in [3.8, 4) is 0 Å². The van der Waals surface area contributed by atoms with Crippen LogP contribution in [0.4, 0.5) is 0 Å². The van der Waals surface area contributed by atoms with Crippen molar-refractivity contribution < 1.29 is 4.79 Å². The summed E-state index contributed by atoms with van der Waals surface area (Å²) in [5.41, 5.74) is 0.480. The molecule has 1 heterocycles. The van der Waals surface area contributed by atoms with E-state index >= 15 is 0 Å². The highest BCUT2D eigenvalue weighted by molar-refractivity contribution is 5.76. The average Bonchev–Trinajstić information content (AvgIpc) is 2.88. The highest BCUT2D eigenvalue weighted by atomic mass is 16.1. The van der Waals surface area contributed by atoms with Crippen LogP contribution < -0.4 is 10.6 Å². The molecule has 4 saturated carbocycles. The molecule has 2 N–H and O–H groups in total. The van der Waals surface area contributed by atoms with Crippen LogP contribution in [-0.4, -0.2) is 25.0 Å². The molecule has 20 heavy (non-hydrogen) atoms. The molecule has 112 valence electrons. The van der Waals surface area contributed by atoms with Crippen molar-refractivity contribution in [3.05, 3.63) is 0 Å². The van der Waals surface area contributed by atoms with E-state index in [4.69, 9.17) is 0 Å². The number of hydrogen-bond donors (Lipinski definition) is 2. The summed E-state index contributed by atoms with van der Waals surface area (Å²) in [5.74, 6) is 3.22. The lowest BCUT2D eigenvalue weighted by molar-refractivity contribution is -0.123. The van der Waals surface area contributed by atoms with Gasteiger partial charge in [-0.1, -0.05) is 0 Å². The highest BCUT2D eigenvalue weighted by Crippen LogP contribution is 2.59. The monoisotopic (exact) mass is 276 g/mol. The van der Waals surface area contributed by atoms with E-state index in [0.717, 1.165) is 30.8 Å². The van der Waals surface area contributed by atoms with Crippen LogP contribution in [0.1, 0.15) is 57.8 Å². The Hall–Kier alpha value is -0.570. The van der Waals surface area contributed by atoms with Crippen LogP contribution in [-0.2, 0) is 4.79 Å². The molecule has 0 aromatic rings. The van der Waals surface area contributed by atoms with Gasteiger partial charge in [0.1, 0.15) is 0 Å². The van der Waals surface area contributed by atoms with E-state index in [9.17, 15) is 4.79 Å². The number of hydrogen-bond acceptors (Lipinski definition) is 2. The van der Waals surface area contributed by atoms with Crippen LogP contribution in [0.15, 0.2) is 0 Å². The minimum atomic E-state index is 0.278. The molecule has 1 aliphatic heterocycles. The summed E-state index contributed by atoms with van der Waals surface area (Å²) in [5, 5.41) is 6.71. The van der Waals surface area contributed by atoms with Crippen LogP contribution in [0.3, 0.4) is 0 Å². The second kappa shape index (κ2) is 5.01. The zero-order chi connectivity index (χ0) is 13.6. The molecule has 5 aliphatic rings. The summed E-state index contributed by atoms with van der Waals surface area (Å²) in [6.07, 6.45) is 11.7. The SMILES string of the molecule is O=C(CC1CCCN1)NCC12CC3CC(CC(C3)C1)C2. The van der Waals surface area contributed by atoms with Gasteiger partial charge in [0.25, 0.3) is 0 Å². The van der Waals surface area contributed by atoms with Gasteiger partial charge in [0.15, 0.2) is 0 Å². The lowest BCUT2D eigenvalue weighted by atomic mass is 9.49. The first-order chi connectivity index (χ1) is 9.71. The smallest absolute Gasteiger partial charge is 0.221 e. The van der Waals surface area contributed by atoms with E-state index in [1.807, 2.05) is 0 Å². The van der Waals surface area contributed by atoms with Crippen molar-refractivity contribution in [1.82, 2.24) is 10.6 Å². The molecule has 4 bridgehead atoms. The fourth-order valence-corrected chi connectivity index (χ4v) is 6.02. The summed E-state index contributed by atoms with van der Waals surface area (Å²) in [6.45, 7) is 2.05. The molecular weight excluding hydrogens is 248 g/mol. The second-order valence-electron chi connectivity index (χ2n) is 8.19. The Morgan fingerprint density at radius 3 is 2.30 bits per heavy atom. The quantitative estimate of drug-likeness (QED) is 0.828. The fraction of sp³-hybridized carbons (Fsp3) is 0.941. The van der Waals surface area contributed by atoms with Crippen LogP contribution in [0.5, 0.6) is 0 Å². The molecule has 1 unspecified atom stereocenters. The number of nitrogens with one attached hydrogen (secondary N) is 2. The van der Waals surface area contributed by atoms with Crippen LogP contribution >= 0.6 is 0 Å². The van der Waals surface area contributed by atoms with Crippen molar-refractivity contribution in [1.29, 1.82) is 0 Å². The van der Waals surface area contributed by atoms with Crippen molar-refractivity contribution in [2.24, 2.45) is 23.2 Å². The molecule has 5 rings (SSSR count). The molecule has 1 saturated heterocycles. The zero-order valence-electron chi connectivity index (χ0n) is 12.5. The molecular formula is C17H28N2O. The summed E-state index contributed by atoms with van der Waals surface area (Å²) in [6, 6.07) is 0.436. The Morgan fingerprint density at radius 2 is 1.75 bits per heavy atom. The normalized spacial score (nSPS) is 45.8. The zero-order valence-corrected chi connectivity index (χ0v) is 12.5. The summed E-state index contributed by atoms with van der Waals surface area (Å²) in [4.78, 5) is 12.1. The van der Waals surface area contributed by atoms with Crippen molar-refractivity contribution in [3.63, 3.8) is 0 Å². The van der Waals surface area contributed by atoms with Gasteiger partial charge in [-0.3, -0.25) is 4.79 Å². The topological polar surface area (TPSA) is 41.1 Å². The van der Waals surface area contributed by atoms with E-state index < -0.39 is 0 Å². The first-order valence-corrected chi connectivity index (χ1v) is 8.71.